The molecule has 4 rings (SSSR count). The summed E-state index contributed by atoms with van der Waals surface area (Å²) >= 11 is 0. The van der Waals surface area contributed by atoms with Crippen LogP contribution in [-0.2, 0) is 18.2 Å². The van der Waals surface area contributed by atoms with Crippen molar-refractivity contribution in [1.29, 1.82) is 5.26 Å². The van der Waals surface area contributed by atoms with Crippen molar-refractivity contribution < 1.29 is 9.13 Å². The van der Waals surface area contributed by atoms with Crippen LogP contribution < -0.4 is 5.32 Å². The molecule has 0 aliphatic carbocycles. The molecule has 5 nitrogen and oxygen atoms in total. The van der Waals surface area contributed by atoms with E-state index in [2.05, 4.69) is 16.5 Å². The molecule has 6 heteroatoms. The zero-order valence-electron chi connectivity index (χ0n) is 15.7. The molecule has 0 saturated carbocycles. The predicted octanol–water partition coefficient (Wildman–Crippen LogP) is 3.30. The second-order valence-electron chi connectivity index (χ2n) is 6.95. The van der Waals surface area contributed by atoms with Crippen LogP contribution in [0.4, 0.5) is 4.39 Å². The fourth-order valence-corrected chi connectivity index (χ4v) is 3.67. The number of nitrogens with zero attached hydrogens (tertiary/aromatic N) is 3. The maximum Gasteiger partial charge on any atom is 0.141 e. The summed E-state index contributed by atoms with van der Waals surface area (Å²) in [5.74, 6) is -0.512. The van der Waals surface area contributed by atoms with Crippen molar-refractivity contribution in [2.45, 2.75) is 12.5 Å². The van der Waals surface area contributed by atoms with Crippen LogP contribution >= 0.6 is 0 Å². The van der Waals surface area contributed by atoms with E-state index in [-0.39, 0.29) is 11.7 Å². The normalized spacial score (nSPS) is 16.7. The summed E-state index contributed by atoms with van der Waals surface area (Å²) in [5.41, 5.74) is 4.82. The number of aryl methyl sites for hydroxylation is 1. The Bertz CT molecular complexity index is 1030. The highest BCUT2D eigenvalue weighted by Crippen LogP contribution is 2.36. The molecular formula is C22H21FN4O. The van der Waals surface area contributed by atoms with E-state index in [0.717, 1.165) is 47.3 Å². The van der Waals surface area contributed by atoms with Gasteiger partial charge in [0.2, 0.25) is 0 Å². The molecule has 1 fully saturated rings. The number of hydrogen-bond donors (Lipinski definition) is 1. The lowest BCUT2D eigenvalue weighted by Crippen LogP contribution is -2.39. The summed E-state index contributed by atoms with van der Waals surface area (Å²) in [4.78, 5) is 0. The van der Waals surface area contributed by atoms with E-state index in [1.165, 1.54) is 12.1 Å². The van der Waals surface area contributed by atoms with Gasteiger partial charge in [0.05, 0.1) is 24.5 Å². The standard InChI is InChI=1S/C22H21FN4O/c1-27-14-18(12-26-27)22-16(9-19-13-25-7-8-28-19)3-2-4-20(22)15-5-6-17(11-24)21(23)10-15/h2-6,10,12,14,19,25H,7-9,13H2,1H3. The molecule has 1 N–H and O–H groups in total. The number of nitrogens with one attached hydrogen (secondary N) is 1. The van der Waals surface area contributed by atoms with Gasteiger partial charge in [-0.1, -0.05) is 24.3 Å². The minimum absolute atomic E-state index is 0.0458. The molecule has 2 aromatic carbocycles. The molecule has 1 aliphatic heterocycles. The molecule has 1 saturated heterocycles. The fourth-order valence-electron chi connectivity index (χ4n) is 3.67. The molecule has 28 heavy (non-hydrogen) atoms. The molecular weight excluding hydrogens is 355 g/mol. The van der Waals surface area contributed by atoms with Crippen LogP contribution in [0.3, 0.4) is 0 Å². The van der Waals surface area contributed by atoms with Crippen molar-refractivity contribution in [3.63, 3.8) is 0 Å². The number of hydrogen-bond acceptors (Lipinski definition) is 4. The van der Waals surface area contributed by atoms with Gasteiger partial charge < -0.3 is 10.1 Å². The predicted molar refractivity (Wildman–Crippen MR) is 105 cm³/mol. The third-order valence-electron chi connectivity index (χ3n) is 5.00. The number of morpholine rings is 1. The molecule has 1 unspecified atom stereocenters. The minimum atomic E-state index is -0.512. The zero-order chi connectivity index (χ0) is 19.5. The van der Waals surface area contributed by atoms with Gasteiger partial charge in [0, 0.05) is 38.3 Å². The summed E-state index contributed by atoms with van der Waals surface area (Å²) in [5, 5.41) is 16.7. The summed E-state index contributed by atoms with van der Waals surface area (Å²) in [7, 11) is 1.88. The van der Waals surface area contributed by atoms with Crippen LogP contribution in [0, 0.1) is 17.1 Å². The van der Waals surface area contributed by atoms with Gasteiger partial charge in [0.15, 0.2) is 0 Å². The number of rotatable bonds is 4. The second-order valence-corrected chi connectivity index (χ2v) is 6.95. The Balaban J connectivity index is 1.82. The van der Waals surface area contributed by atoms with Crippen LogP contribution in [-0.4, -0.2) is 35.6 Å². The summed E-state index contributed by atoms with van der Waals surface area (Å²) in [6.07, 6.45) is 4.63. The number of ether oxygens (including phenoxy) is 1. The number of nitriles is 1. The maximum absolute atomic E-state index is 14.3. The third-order valence-corrected chi connectivity index (χ3v) is 5.00. The Morgan fingerprint density at radius 3 is 2.89 bits per heavy atom. The number of aromatic nitrogens is 2. The average Bonchev–Trinajstić information content (AvgIpc) is 3.14. The van der Waals surface area contributed by atoms with Gasteiger partial charge in [0.1, 0.15) is 11.9 Å². The smallest absolute Gasteiger partial charge is 0.141 e. The molecule has 142 valence electrons. The first-order valence-electron chi connectivity index (χ1n) is 9.29. The van der Waals surface area contributed by atoms with Gasteiger partial charge in [-0.2, -0.15) is 10.4 Å². The molecule has 0 amide bonds. The van der Waals surface area contributed by atoms with Crippen molar-refractivity contribution in [2.75, 3.05) is 19.7 Å². The monoisotopic (exact) mass is 376 g/mol. The lowest BCUT2D eigenvalue weighted by Gasteiger charge is -2.25. The number of halogens is 1. The first-order valence-corrected chi connectivity index (χ1v) is 9.29. The van der Waals surface area contributed by atoms with Crippen molar-refractivity contribution in [2.24, 2.45) is 7.05 Å². The molecule has 0 bridgehead atoms. The highest BCUT2D eigenvalue weighted by Gasteiger charge is 2.20. The largest absolute Gasteiger partial charge is 0.375 e. The van der Waals surface area contributed by atoms with Gasteiger partial charge in [-0.3, -0.25) is 4.68 Å². The SMILES string of the molecule is Cn1cc(-c2c(CC3CNCCO3)cccc2-c2ccc(C#N)c(F)c2)cn1. The molecule has 1 aromatic heterocycles. The van der Waals surface area contributed by atoms with Crippen molar-refractivity contribution in [3.8, 4) is 28.3 Å². The topological polar surface area (TPSA) is 62.9 Å². The van der Waals surface area contributed by atoms with E-state index in [1.54, 1.807) is 10.7 Å². The van der Waals surface area contributed by atoms with Gasteiger partial charge in [-0.25, -0.2) is 4.39 Å². The second kappa shape index (κ2) is 7.93. The quantitative estimate of drug-likeness (QED) is 0.759. The van der Waals surface area contributed by atoms with E-state index in [1.807, 2.05) is 37.6 Å². The van der Waals surface area contributed by atoms with Gasteiger partial charge in [-0.05, 0) is 34.4 Å². The van der Waals surface area contributed by atoms with Crippen LogP contribution in [0.5, 0.6) is 0 Å². The van der Waals surface area contributed by atoms with Gasteiger partial charge in [0.25, 0.3) is 0 Å². The third kappa shape index (κ3) is 3.68. The Morgan fingerprint density at radius 2 is 2.21 bits per heavy atom. The Kier molecular flexibility index (Phi) is 5.20. The molecule has 0 radical (unpaired) electrons. The Labute approximate surface area is 163 Å². The lowest BCUT2D eigenvalue weighted by atomic mass is 9.89. The molecule has 1 aliphatic rings. The van der Waals surface area contributed by atoms with Crippen molar-refractivity contribution in [1.82, 2.24) is 15.1 Å². The van der Waals surface area contributed by atoms with Crippen molar-refractivity contribution in [3.05, 3.63) is 65.7 Å². The highest BCUT2D eigenvalue weighted by molar-refractivity contribution is 5.85. The molecule has 1 atom stereocenters. The van der Waals surface area contributed by atoms with Crippen LogP contribution in [0.2, 0.25) is 0 Å². The summed E-state index contributed by atoms with van der Waals surface area (Å²) in [6, 6.07) is 12.7. The summed E-state index contributed by atoms with van der Waals surface area (Å²) in [6.45, 7) is 2.38. The first kappa shape index (κ1) is 18.4. The first-order chi connectivity index (χ1) is 13.7. The fraction of sp³-hybridized carbons (Fsp3) is 0.273. The molecule has 2 heterocycles. The van der Waals surface area contributed by atoms with Crippen molar-refractivity contribution >= 4 is 0 Å². The lowest BCUT2D eigenvalue weighted by molar-refractivity contribution is 0.0293. The van der Waals surface area contributed by atoms with Crippen LogP contribution in [0.25, 0.3) is 22.3 Å². The van der Waals surface area contributed by atoms with E-state index >= 15 is 0 Å². The highest BCUT2D eigenvalue weighted by atomic mass is 19.1. The molecule has 3 aromatic rings. The van der Waals surface area contributed by atoms with E-state index in [9.17, 15) is 4.39 Å². The zero-order valence-corrected chi connectivity index (χ0v) is 15.7. The van der Waals surface area contributed by atoms with E-state index in [4.69, 9.17) is 10.00 Å². The summed E-state index contributed by atoms with van der Waals surface area (Å²) < 4.78 is 21.9. The van der Waals surface area contributed by atoms with Crippen LogP contribution in [0.1, 0.15) is 11.1 Å². The minimum Gasteiger partial charge on any atom is -0.375 e. The number of benzene rings is 2. The molecule has 0 spiro atoms. The Hall–Kier alpha value is -3.01. The van der Waals surface area contributed by atoms with E-state index < -0.39 is 5.82 Å². The van der Waals surface area contributed by atoms with Gasteiger partial charge in [-0.15, -0.1) is 0 Å². The van der Waals surface area contributed by atoms with Gasteiger partial charge >= 0.3 is 0 Å². The van der Waals surface area contributed by atoms with E-state index in [0.29, 0.717) is 6.61 Å². The van der Waals surface area contributed by atoms with Crippen LogP contribution in [0.15, 0.2) is 48.8 Å². The average molecular weight is 376 g/mol. The maximum atomic E-state index is 14.3. The Morgan fingerprint density at radius 1 is 1.32 bits per heavy atom.